The van der Waals surface area contributed by atoms with E-state index >= 15 is 0 Å². The first kappa shape index (κ1) is 13.4. The lowest BCUT2D eigenvalue weighted by molar-refractivity contribution is -0.0328. The highest BCUT2D eigenvalue weighted by molar-refractivity contribution is 8.00. The smallest absolute Gasteiger partial charge is 0.294 e. The molecule has 0 saturated carbocycles. The number of halogens is 4. The molecular weight excluding hydrogens is 261 g/mol. The molecular formula is C10H8ClF3OS. The van der Waals surface area contributed by atoms with Crippen molar-refractivity contribution in [3.8, 4) is 0 Å². The fourth-order valence-electron chi connectivity index (χ4n) is 1.12. The third-order valence-electron chi connectivity index (χ3n) is 1.79. The van der Waals surface area contributed by atoms with Crippen molar-refractivity contribution >= 4 is 29.1 Å². The minimum Gasteiger partial charge on any atom is -0.294 e. The van der Waals surface area contributed by atoms with E-state index in [9.17, 15) is 18.0 Å². The normalized spacial score (nSPS) is 11.6. The van der Waals surface area contributed by atoms with Gasteiger partial charge in [-0.05, 0) is 30.0 Å². The predicted molar refractivity (Wildman–Crippen MR) is 58.0 cm³/mol. The van der Waals surface area contributed by atoms with Crippen molar-refractivity contribution in [2.75, 3.05) is 0 Å². The third kappa shape index (κ3) is 3.72. The standard InChI is InChI=1S/C10H8ClF3OS/c1-2-8(15)7-5-6(11)3-4-9(7)16-10(12,13)14/h3-5H,2H2,1H3. The molecule has 0 unspecified atom stereocenters. The van der Waals surface area contributed by atoms with Crippen LogP contribution in [0.2, 0.25) is 5.02 Å². The van der Waals surface area contributed by atoms with Crippen LogP contribution in [0.25, 0.3) is 0 Å². The average Bonchev–Trinajstić information content (AvgIpc) is 2.17. The zero-order valence-electron chi connectivity index (χ0n) is 8.27. The summed E-state index contributed by atoms with van der Waals surface area (Å²) in [6.07, 6.45) is 0.145. The number of rotatable bonds is 3. The van der Waals surface area contributed by atoms with E-state index in [1.54, 1.807) is 6.92 Å². The van der Waals surface area contributed by atoms with E-state index in [1.165, 1.54) is 18.2 Å². The first-order chi connectivity index (χ1) is 7.33. The fraction of sp³-hybridized carbons (Fsp3) is 0.300. The Hall–Kier alpha value is -0.680. The van der Waals surface area contributed by atoms with Gasteiger partial charge in [-0.2, -0.15) is 13.2 Å². The third-order valence-corrected chi connectivity index (χ3v) is 2.83. The van der Waals surface area contributed by atoms with Crippen LogP contribution < -0.4 is 0 Å². The summed E-state index contributed by atoms with van der Waals surface area (Å²) in [5.41, 5.74) is -4.38. The van der Waals surface area contributed by atoms with Gasteiger partial charge in [0.05, 0.1) is 0 Å². The summed E-state index contributed by atoms with van der Waals surface area (Å²) in [5.74, 6) is -0.353. The van der Waals surface area contributed by atoms with Gasteiger partial charge in [0.1, 0.15) is 0 Å². The zero-order valence-corrected chi connectivity index (χ0v) is 9.84. The number of alkyl halides is 3. The van der Waals surface area contributed by atoms with Crippen molar-refractivity contribution in [2.24, 2.45) is 0 Å². The van der Waals surface area contributed by atoms with Gasteiger partial charge in [-0.25, -0.2) is 0 Å². The van der Waals surface area contributed by atoms with Crippen LogP contribution in [0.4, 0.5) is 13.2 Å². The highest BCUT2D eigenvalue weighted by Gasteiger charge is 2.31. The second kappa shape index (κ2) is 5.10. The lowest BCUT2D eigenvalue weighted by Crippen LogP contribution is -2.04. The summed E-state index contributed by atoms with van der Waals surface area (Å²) >= 11 is 5.35. The Kier molecular flexibility index (Phi) is 4.27. The molecule has 1 aromatic carbocycles. The van der Waals surface area contributed by atoms with Gasteiger partial charge in [0.2, 0.25) is 0 Å². The van der Waals surface area contributed by atoms with Crippen LogP contribution in [0.15, 0.2) is 23.1 Å². The molecule has 0 N–H and O–H groups in total. The first-order valence-corrected chi connectivity index (χ1v) is 5.61. The molecule has 0 aliphatic rings. The lowest BCUT2D eigenvalue weighted by Gasteiger charge is -2.10. The quantitative estimate of drug-likeness (QED) is 0.591. The van der Waals surface area contributed by atoms with Crippen LogP contribution in [-0.4, -0.2) is 11.3 Å². The summed E-state index contributed by atoms with van der Waals surface area (Å²) in [6, 6.07) is 3.81. The minimum atomic E-state index is -4.41. The maximum Gasteiger partial charge on any atom is 0.446 e. The maximum absolute atomic E-state index is 12.2. The maximum atomic E-state index is 12.2. The zero-order chi connectivity index (χ0) is 12.3. The topological polar surface area (TPSA) is 17.1 Å². The highest BCUT2D eigenvalue weighted by Crippen LogP contribution is 2.39. The van der Waals surface area contributed by atoms with E-state index in [2.05, 4.69) is 0 Å². The van der Waals surface area contributed by atoms with E-state index in [1.807, 2.05) is 0 Å². The molecule has 16 heavy (non-hydrogen) atoms. The second-order valence-electron chi connectivity index (χ2n) is 2.97. The van der Waals surface area contributed by atoms with Gasteiger partial charge in [-0.3, -0.25) is 4.79 Å². The minimum absolute atomic E-state index is 0.0253. The lowest BCUT2D eigenvalue weighted by atomic mass is 10.1. The molecule has 0 aliphatic heterocycles. The van der Waals surface area contributed by atoms with Gasteiger partial charge in [0.15, 0.2) is 5.78 Å². The number of hydrogen-bond donors (Lipinski definition) is 0. The Morgan fingerprint density at radius 3 is 2.56 bits per heavy atom. The number of carbonyl (C=O) groups is 1. The van der Waals surface area contributed by atoms with E-state index in [-0.39, 0.29) is 39.4 Å². The first-order valence-electron chi connectivity index (χ1n) is 4.42. The summed E-state index contributed by atoms with van der Waals surface area (Å²) in [6.45, 7) is 1.59. The van der Waals surface area contributed by atoms with E-state index in [4.69, 9.17) is 11.6 Å². The summed E-state index contributed by atoms with van der Waals surface area (Å²) in [4.78, 5) is 11.3. The molecule has 6 heteroatoms. The van der Waals surface area contributed by atoms with Gasteiger partial charge in [-0.15, -0.1) is 0 Å². The monoisotopic (exact) mass is 268 g/mol. The van der Waals surface area contributed by atoms with Crippen LogP contribution in [0, 0.1) is 0 Å². The SMILES string of the molecule is CCC(=O)c1cc(Cl)ccc1SC(F)(F)F. The molecule has 0 radical (unpaired) electrons. The second-order valence-corrected chi connectivity index (χ2v) is 4.51. The van der Waals surface area contributed by atoms with E-state index in [0.29, 0.717) is 0 Å². The summed E-state index contributed by atoms with van der Waals surface area (Å²) in [5, 5.41) is 0.253. The van der Waals surface area contributed by atoms with E-state index < -0.39 is 5.51 Å². The van der Waals surface area contributed by atoms with Crippen molar-refractivity contribution in [3.63, 3.8) is 0 Å². The molecule has 0 amide bonds. The van der Waals surface area contributed by atoms with Gasteiger partial charge >= 0.3 is 5.51 Å². The number of thioether (sulfide) groups is 1. The Morgan fingerprint density at radius 1 is 1.44 bits per heavy atom. The van der Waals surface area contributed by atoms with Gasteiger partial charge in [0.25, 0.3) is 0 Å². The number of hydrogen-bond acceptors (Lipinski definition) is 2. The van der Waals surface area contributed by atoms with Crippen molar-refractivity contribution < 1.29 is 18.0 Å². The molecule has 0 saturated heterocycles. The van der Waals surface area contributed by atoms with Crippen LogP contribution in [0.1, 0.15) is 23.7 Å². The summed E-state index contributed by atoms with van der Waals surface area (Å²) < 4.78 is 36.6. The van der Waals surface area contributed by atoms with Crippen molar-refractivity contribution in [2.45, 2.75) is 23.7 Å². The van der Waals surface area contributed by atoms with Crippen LogP contribution in [0.5, 0.6) is 0 Å². The molecule has 1 nitrogen and oxygen atoms in total. The fourth-order valence-corrected chi connectivity index (χ4v) is 1.96. The largest absolute Gasteiger partial charge is 0.446 e. The predicted octanol–water partition coefficient (Wildman–Crippen LogP) is 4.54. The van der Waals surface area contributed by atoms with Crippen molar-refractivity contribution in [1.29, 1.82) is 0 Å². The molecule has 1 aromatic rings. The average molecular weight is 269 g/mol. The van der Waals surface area contributed by atoms with Gasteiger partial charge < -0.3 is 0 Å². The number of Topliss-reactive ketones (excluding diaryl/α,β-unsaturated/α-hetero) is 1. The number of ketones is 1. The molecule has 0 atom stereocenters. The Labute approximate surface area is 100.0 Å². The molecule has 1 rings (SSSR count). The number of carbonyl (C=O) groups excluding carboxylic acids is 1. The highest BCUT2D eigenvalue weighted by atomic mass is 35.5. The van der Waals surface area contributed by atoms with Crippen molar-refractivity contribution in [1.82, 2.24) is 0 Å². The van der Waals surface area contributed by atoms with Gasteiger partial charge in [0, 0.05) is 21.9 Å². The Bertz CT molecular complexity index is 404. The molecule has 88 valence electrons. The Balaban J connectivity index is 3.13. The molecule has 0 aromatic heterocycles. The number of benzene rings is 1. The van der Waals surface area contributed by atoms with Crippen LogP contribution >= 0.6 is 23.4 Å². The van der Waals surface area contributed by atoms with Crippen LogP contribution in [-0.2, 0) is 0 Å². The van der Waals surface area contributed by atoms with Crippen LogP contribution in [0.3, 0.4) is 0 Å². The van der Waals surface area contributed by atoms with Crippen molar-refractivity contribution in [3.05, 3.63) is 28.8 Å². The molecule has 0 aliphatic carbocycles. The molecule has 0 heterocycles. The van der Waals surface area contributed by atoms with E-state index in [0.717, 1.165) is 0 Å². The molecule has 0 fully saturated rings. The molecule has 0 bridgehead atoms. The Morgan fingerprint density at radius 2 is 2.06 bits per heavy atom. The van der Waals surface area contributed by atoms with Gasteiger partial charge in [-0.1, -0.05) is 18.5 Å². The summed E-state index contributed by atoms with van der Waals surface area (Å²) in [7, 11) is 0. The molecule has 0 spiro atoms.